The molecule has 0 fully saturated rings. The van der Waals surface area contributed by atoms with Crippen LogP contribution < -0.4 is 4.84 Å². The number of nitrogens with one attached hydrogen (secondary N) is 1. The van der Waals surface area contributed by atoms with Gasteiger partial charge in [0, 0.05) is 6.04 Å². The monoisotopic (exact) mass is 175 g/mol. The molecule has 2 atom stereocenters. The van der Waals surface area contributed by atoms with E-state index in [-0.39, 0.29) is 17.9 Å². The number of ether oxygens (including phenoxy) is 1. The third kappa shape index (κ3) is 1.94. The fraction of sp³-hybridized carbons (Fsp3) is 0.571. The molecular formula is C7H10ClNO2. The third-order valence-electron chi connectivity index (χ3n) is 1.73. The fourth-order valence-electron chi connectivity index (χ4n) is 1.11. The van der Waals surface area contributed by atoms with Crippen molar-refractivity contribution in [3.63, 3.8) is 0 Å². The van der Waals surface area contributed by atoms with E-state index in [1.807, 2.05) is 12.2 Å². The number of hydrogen-bond acceptors (Lipinski definition) is 3. The molecule has 1 N–H and O–H groups in total. The molecule has 0 amide bonds. The summed E-state index contributed by atoms with van der Waals surface area (Å²) in [7, 11) is 1.39. The van der Waals surface area contributed by atoms with Gasteiger partial charge >= 0.3 is 5.97 Å². The van der Waals surface area contributed by atoms with Crippen molar-refractivity contribution in [3.05, 3.63) is 12.2 Å². The standard InChI is InChI=1S/C7H10ClNO2/c1-11-7(10)5-2-3-6(4-5)9-8/h2-3,5-6,9H,4H2,1H3/t5-,6+/m1/s1. The van der Waals surface area contributed by atoms with Crippen molar-refractivity contribution in [2.45, 2.75) is 12.5 Å². The summed E-state index contributed by atoms with van der Waals surface area (Å²) in [6.45, 7) is 0. The van der Waals surface area contributed by atoms with Crippen molar-refractivity contribution in [2.75, 3.05) is 7.11 Å². The van der Waals surface area contributed by atoms with Gasteiger partial charge in [0.25, 0.3) is 0 Å². The zero-order valence-corrected chi connectivity index (χ0v) is 6.97. The van der Waals surface area contributed by atoms with E-state index < -0.39 is 0 Å². The summed E-state index contributed by atoms with van der Waals surface area (Å²) in [6.07, 6.45) is 4.37. The Kier molecular flexibility index (Phi) is 2.91. The Bertz CT molecular complexity index is 181. The predicted molar refractivity (Wildman–Crippen MR) is 42.0 cm³/mol. The smallest absolute Gasteiger partial charge is 0.312 e. The van der Waals surface area contributed by atoms with E-state index in [0.29, 0.717) is 6.42 Å². The Balaban J connectivity index is 2.43. The van der Waals surface area contributed by atoms with E-state index >= 15 is 0 Å². The first-order valence-corrected chi connectivity index (χ1v) is 3.78. The highest BCUT2D eigenvalue weighted by Crippen LogP contribution is 2.19. The van der Waals surface area contributed by atoms with E-state index in [1.165, 1.54) is 7.11 Å². The van der Waals surface area contributed by atoms with Gasteiger partial charge in [-0.2, -0.15) is 0 Å². The number of rotatable bonds is 2. The lowest BCUT2D eigenvalue weighted by atomic mass is 10.1. The molecule has 1 rings (SSSR count). The number of halogens is 1. The molecule has 0 aromatic carbocycles. The van der Waals surface area contributed by atoms with Gasteiger partial charge < -0.3 is 4.74 Å². The van der Waals surface area contributed by atoms with Crippen molar-refractivity contribution in [1.29, 1.82) is 0 Å². The molecule has 62 valence electrons. The lowest BCUT2D eigenvalue weighted by Gasteiger charge is -2.07. The Hall–Kier alpha value is -0.540. The van der Waals surface area contributed by atoms with Gasteiger partial charge in [0.15, 0.2) is 0 Å². The van der Waals surface area contributed by atoms with Gasteiger partial charge in [-0.15, -0.1) is 0 Å². The zero-order chi connectivity index (χ0) is 8.27. The number of carbonyl (C=O) groups excluding carboxylic acids is 1. The van der Waals surface area contributed by atoms with Crippen molar-refractivity contribution < 1.29 is 9.53 Å². The zero-order valence-electron chi connectivity index (χ0n) is 6.21. The van der Waals surface area contributed by atoms with Gasteiger partial charge in [-0.05, 0) is 18.2 Å². The van der Waals surface area contributed by atoms with Crippen LogP contribution in [-0.4, -0.2) is 19.1 Å². The first-order chi connectivity index (χ1) is 5.27. The van der Waals surface area contributed by atoms with Crippen molar-refractivity contribution >= 4 is 17.7 Å². The molecule has 0 spiro atoms. The Labute approximate surface area is 70.5 Å². The summed E-state index contributed by atoms with van der Waals surface area (Å²) in [5.41, 5.74) is 0. The molecule has 4 heteroatoms. The molecule has 0 saturated heterocycles. The van der Waals surface area contributed by atoms with E-state index in [2.05, 4.69) is 9.57 Å². The number of esters is 1. The maximum Gasteiger partial charge on any atom is 0.312 e. The van der Waals surface area contributed by atoms with Crippen LogP contribution in [0.15, 0.2) is 12.2 Å². The molecule has 0 heterocycles. The summed E-state index contributed by atoms with van der Waals surface area (Å²) in [6, 6.07) is 0.0979. The lowest BCUT2D eigenvalue weighted by molar-refractivity contribution is -0.143. The maximum absolute atomic E-state index is 10.9. The minimum atomic E-state index is -0.198. The highest BCUT2D eigenvalue weighted by Gasteiger charge is 2.24. The Morgan fingerprint density at radius 2 is 2.45 bits per heavy atom. The van der Waals surface area contributed by atoms with E-state index in [1.54, 1.807) is 0 Å². The SMILES string of the molecule is COC(=O)[C@@H]1C=C[C@H](NCl)C1. The van der Waals surface area contributed by atoms with Crippen LogP contribution in [0, 0.1) is 5.92 Å². The van der Waals surface area contributed by atoms with Crippen LogP contribution >= 0.6 is 11.8 Å². The second-order valence-corrected chi connectivity index (χ2v) is 2.68. The topological polar surface area (TPSA) is 38.3 Å². The first kappa shape index (κ1) is 8.56. The average Bonchev–Trinajstić information content (AvgIpc) is 2.50. The van der Waals surface area contributed by atoms with Gasteiger partial charge in [0.1, 0.15) is 0 Å². The second-order valence-electron chi connectivity index (χ2n) is 2.47. The minimum Gasteiger partial charge on any atom is -0.469 e. The molecule has 0 saturated carbocycles. The van der Waals surface area contributed by atoms with E-state index in [0.717, 1.165) is 0 Å². The van der Waals surface area contributed by atoms with Gasteiger partial charge in [-0.25, -0.2) is 4.84 Å². The largest absolute Gasteiger partial charge is 0.469 e. The van der Waals surface area contributed by atoms with Crippen LogP contribution in [0.1, 0.15) is 6.42 Å². The number of carbonyl (C=O) groups is 1. The average molecular weight is 176 g/mol. The molecule has 0 unspecified atom stereocenters. The van der Waals surface area contributed by atoms with Gasteiger partial charge in [0.05, 0.1) is 13.0 Å². The Morgan fingerprint density at radius 3 is 2.91 bits per heavy atom. The maximum atomic E-state index is 10.9. The molecule has 0 bridgehead atoms. The van der Waals surface area contributed by atoms with Crippen LogP contribution in [0.2, 0.25) is 0 Å². The normalized spacial score (nSPS) is 28.9. The summed E-state index contributed by atoms with van der Waals surface area (Å²) in [5.74, 6) is -0.327. The van der Waals surface area contributed by atoms with Crippen LogP contribution in [0.4, 0.5) is 0 Å². The number of methoxy groups -OCH3 is 1. The highest BCUT2D eigenvalue weighted by atomic mass is 35.5. The van der Waals surface area contributed by atoms with Crippen molar-refractivity contribution in [1.82, 2.24) is 4.84 Å². The summed E-state index contributed by atoms with van der Waals surface area (Å²) in [5, 5.41) is 0. The van der Waals surface area contributed by atoms with Crippen molar-refractivity contribution in [2.24, 2.45) is 5.92 Å². The minimum absolute atomic E-state index is 0.0979. The highest BCUT2D eigenvalue weighted by molar-refractivity contribution is 6.13. The lowest BCUT2D eigenvalue weighted by Crippen LogP contribution is -2.20. The predicted octanol–water partition coefficient (Wildman–Crippen LogP) is 0.847. The molecule has 1 aliphatic rings. The molecular weight excluding hydrogens is 166 g/mol. The molecule has 3 nitrogen and oxygen atoms in total. The van der Waals surface area contributed by atoms with Crippen LogP contribution in [0.5, 0.6) is 0 Å². The summed E-state index contributed by atoms with van der Waals surface area (Å²) >= 11 is 5.37. The van der Waals surface area contributed by atoms with E-state index in [9.17, 15) is 4.79 Å². The van der Waals surface area contributed by atoms with E-state index in [4.69, 9.17) is 11.8 Å². The molecule has 0 aliphatic heterocycles. The fourth-order valence-corrected chi connectivity index (χ4v) is 1.27. The Morgan fingerprint density at radius 1 is 1.73 bits per heavy atom. The molecule has 0 aromatic heterocycles. The first-order valence-electron chi connectivity index (χ1n) is 3.40. The van der Waals surface area contributed by atoms with Crippen LogP contribution in [-0.2, 0) is 9.53 Å². The molecule has 1 aliphatic carbocycles. The van der Waals surface area contributed by atoms with Crippen molar-refractivity contribution in [3.8, 4) is 0 Å². The quantitative estimate of drug-likeness (QED) is 0.384. The van der Waals surface area contributed by atoms with Gasteiger partial charge in [-0.1, -0.05) is 12.2 Å². The van der Waals surface area contributed by atoms with Gasteiger partial charge in [0.2, 0.25) is 0 Å². The summed E-state index contributed by atoms with van der Waals surface area (Å²) in [4.78, 5) is 13.5. The third-order valence-corrected chi connectivity index (χ3v) is 2.01. The summed E-state index contributed by atoms with van der Waals surface area (Å²) < 4.78 is 4.57. The number of hydrogen-bond donors (Lipinski definition) is 1. The van der Waals surface area contributed by atoms with Gasteiger partial charge in [-0.3, -0.25) is 4.79 Å². The molecule has 0 aromatic rings. The second kappa shape index (κ2) is 3.74. The van der Waals surface area contributed by atoms with Crippen LogP contribution in [0.3, 0.4) is 0 Å². The molecule has 0 radical (unpaired) electrons. The molecule has 11 heavy (non-hydrogen) atoms. The van der Waals surface area contributed by atoms with Crippen LogP contribution in [0.25, 0.3) is 0 Å².